The summed E-state index contributed by atoms with van der Waals surface area (Å²) in [7, 11) is 1.85. The van der Waals surface area contributed by atoms with Crippen molar-refractivity contribution in [3.05, 3.63) is 23.8 Å². The average molecular weight is 237 g/mol. The van der Waals surface area contributed by atoms with Crippen molar-refractivity contribution in [1.29, 1.82) is 0 Å². The lowest BCUT2D eigenvalue weighted by molar-refractivity contribution is -0.138. The monoisotopic (exact) mass is 237 g/mol. The minimum Gasteiger partial charge on any atom is -0.480 e. The molecule has 4 heteroatoms. The molecule has 0 saturated heterocycles. The summed E-state index contributed by atoms with van der Waals surface area (Å²) in [5, 5.41) is 9.08. The quantitative estimate of drug-likeness (QED) is 0.856. The SMILES string of the molecule is CCc1ccc2c(c1)SCC(C(=O)O)N2C. The lowest BCUT2D eigenvalue weighted by Gasteiger charge is -2.33. The molecular formula is C12H15NO2S. The van der Waals surface area contributed by atoms with E-state index < -0.39 is 12.0 Å². The second-order valence-electron chi connectivity index (χ2n) is 3.93. The van der Waals surface area contributed by atoms with Gasteiger partial charge in [0.05, 0.1) is 5.69 Å². The number of thioether (sulfide) groups is 1. The Balaban J connectivity index is 2.35. The van der Waals surface area contributed by atoms with Gasteiger partial charge in [-0.1, -0.05) is 13.0 Å². The molecule has 16 heavy (non-hydrogen) atoms. The first-order chi connectivity index (χ1) is 7.63. The number of likely N-dealkylation sites (N-methyl/N-ethyl adjacent to an activating group) is 1. The van der Waals surface area contributed by atoms with Gasteiger partial charge >= 0.3 is 5.97 Å². The standard InChI is InChI=1S/C12H15NO2S/c1-3-8-4-5-9-11(6-8)16-7-10(12(14)15)13(9)2/h4-6,10H,3,7H2,1-2H3,(H,14,15). The maximum atomic E-state index is 11.0. The van der Waals surface area contributed by atoms with E-state index in [1.54, 1.807) is 11.8 Å². The van der Waals surface area contributed by atoms with E-state index in [9.17, 15) is 4.79 Å². The van der Waals surface area contributed by atoms with Gasteiger partial charge in [-0.15, -0.1) is 11.8 Å². The number of rotatable bonds is 2. The zero-order valence-corrected chi connectivity index (χ0v) is 10.3. The van der Waals surface area contributed by atoms with Crippen LogP contribution in [-0.2, 0) is 11.2 Å². The van der Waals surface area contributed by atoms with Gasteiger partial charge in [-0.3, -0.25) is 0 Å². The maximum Gasteiger partial charge on any atom is 0.327 e. The van der Waals surface area contributed by atoms with Crippen LogP contribution in [-0.4, -0.2) is 29.9 Å². The molecule has 1 aromatic carbocycles. The molecule has 0 spiro atoms. The third-order valence-corrected chi connectivity index (χ3v) is 4.08. The van der Waals surface area contributed by atoms with Crippen molar-refractivity contribution in [2.45, 2.75) is 24.3 Å². The number of nitrogens with zero attached hydrogens (tertiary/aromatic N) is 1. The Bertz CT molecular complexity index is 419. The fourth-order valence-corrected chi connectivity index (χ4v) is 3.17. The average Bonchev–Trinajstić information content (AvgIpc) is 2.28. The Kier molecular flexibility index (Phi) is 3.10. The second kappa shape index (κ2) is 4.37. The summed E-state index contributed by atoms with van der Waals surface area (Å²) in [6.45, 7) is 2.12. The Morgan fingerprint density at radius 1 is 1.62 bits per heavy atom. The maximum absolute atomic E-state index is 11.0. The molecule has 3 nitrogen and oxygen atoms in total. The third kappa shape index (κ3) is 1.89. The van der Waals surface area contributed by atoms with Crippen LogP contribution in [0.3, 0.4) is 0 Å². The molecule has 0 bridgehead atoms. The van der Waals surface area contributed by atoms with Crippen molar-refractivity contribution in [3.63, 3.8) is 0 Å². The number of carboxylic acids is 1. The first kappa shape index (κ1) is 11.3. The predicted molar refractivity (Wildman–Crippen MR) is 66.4 cm³/mol. The van der Waals surface area contributed by atoms with E-state index in [1.165, 1.54) is 10.5 Å². The fourth-order valence-electron chi connectivity index (χ4n) is 1.87. The molecule has 86 valence electrons. The van der Waals surface area contributed by atoms with Gasteiger partial charge < -0.3 is 10.0 Å². The van der Waals surface area contributed by atoms with Crippen LogP contribution in [0, 0.1) is 0 Å². The van der Waals surface area contributed by atoms with Crippen molar-refractivity contribution in [2.75, 3.05) is 17.7 Å². The summed E-state index contributed by atoms with van der Waals surface area (Å²) < 4.78 is 0. The van der Waals surface area contributed by atoms with Gasteiger partial charge in [0.15, 0.2) is 0 Å². The second-order valence-corrected chi connectivity index (χ2v) is 4.99. The van der Waals surface area contributed by atoms with Gasteiger partial charge in [-0.25, -0.2) is 4.79 Å². The molecule has 0 saturated carbocycles. The van der Waals surface area contributed by atoms with Crippen LogP contribution in [0.15, 0.2) is 23.1 Å². The zero-order chi connectivity index (χ0) is 11.7. The third-order valence-electron chi connectivity index (χ3n) is 2.96. The molecule has 0 aliphatic carbocycles. The lowest BCUT2D eigenvalue weighted by Crippen LogP contribution is -2.42. The molecule has 2 rings (SSSR count). The number of carbonyl (C=O) groups is 1. The number of fused-ring (bicyclic) bond motifs is 1. The van der Waals surface area contributed by atoms with E-state index >= 15 is 0 Å². The molecule has 1 aliphatic rings. The lowest BCUT2D eigenvalue weighted by atomic mass is 10.1. The minimum absolute atomic E-state index is 0.412. The summed E-state index contributed by atoms with van der Waals surface area (Å²) >= 11 is 1.64. The van der Waals surface area contributed by atoms with Crippen LogP contribution in [0.5, 0.6) is 0 Å². The first-order valence-corrected chi connectivity index (χ1v) is 6.33. The number of anilines is 1. The van der Waals surface area contributed by atoms with E-state index in [0.717, 1.165) is 12.1 Å². The largest absolute Gasteiger partial charge is 0.480 e. The van der Waals surface area contributed by atoms with Crippen molar-refractivity contribution in [2.24, 2.45) is 0 Å². The summed E-state index contributed by atoms with van der Waals surface area (Å²) in [4.78, 5) is 14.1. The molecule has 1 atom stereocenters. The van der Waals surface area contributed by atoms with E-state index in [4.69, 9.17) is 5.11 Å². The van der Waals surface area contributed by atoms with Crippen LogP contribution in [0.1, 0.15) is 12.5 Å². The molecule has 1 aromatic rings. The summed E-state index contributed by atoms with van der Waals surface area (Å²) in [5.41, 5.74) is 2.33. The zero-order valence-electron chi connectivity index (χ0n) is 9.43. The van der Waals surface area contributed by atoms with Crippen LogP contribution in [0.4, 0.5) is 5.69 Å². The topological polar surface area (TPSA) is 40.5 Å². The van der Waals surface area contributed by atoms with Gasteiger partial charge in [0.1, 0.15) is 6.04 Å². The highest BCUT2D eigenvalue weighted by Gasteiger charge is 2.29. The molecule has 0 aromatic heterocycles. The van der Waals surface area contributed by atoms with E-state index in [-0.39, 0.29) is 0 Å². The fraction of sp³-hybridized carbons (Fsp3) is 0.417. The Morgan fingerprint density at radius 3 is 3.00 bits per heavy atom. The Labute approximate surface area is 99.5 Å². The van der Waals surface area contributed by atoms with Crippen LogP contribution < -0.4 is 4.90 Å². The van der Waals surface area contributed by atoms with Crippen molar-refractivity contribution in [3.8, 4) is 0 Å². The van der Waals surface area contributed by atoms with Crippen molar-refractivity contribution >= 4 is 23.4 Å². The summed E-state index contributed by atoms with van der Waals surface area (Å²) in [6, 6.07) is 5.84. The van der Waals surface area contributed by atoms with Crippen molar-refractivity contribution < 1.29 is 9.90 Å². The first-order valence-electron chi connectivity index (χ1n) is 5.35. The van der Waals surface area contributed by atoms with Gasteiger partial charge in [0.25, 0.3) is 0 Å². The molecule has 1 unspecified atom stereocenters. The predicted octanol–water partition coefficient (Wildman–Crippen LogP) is 2.24. The number of benzene rings is 1. The van der Waals surface area contributed by atoms with Gasteiger partial charge in [0, 0.05) is 17.7 Å². The Morgan fingerprint density at radius 2 is 2.38 bits per heavy atom. The molecule has 1 aliphatic heterocycles. The molecule has 0 radical (unpaired) electrons. The van der Waals surface area contributed by atoms with E-state index in [2.05, 4.69) is 19.1 Å². The highest BCUT2D eigenvalue weighted by Crippen LogP contribution is 2.37. The molecular weight excluding hydrogens is 222 g/mol. The Hall–Kier alpha value is -1.16. The smallest absolute Gasteiger partial charge is 0.327 e. The molecule has 1 heterocycles. The highest BCUT2D eigenvalue weighted by molar-refractivity contribution is 7.99. The number of carboxylic acid groups (broad SMARTS) is 1. The van der Waals surface area contributed by atoms with Crippen molar-refractivity contribution in [1.82, 2.24) is 0 Å². The molecule has 1 N–H and O–H groups in total. The number of aliphatic carboxylic acids is 1. The normalized spacial score (nSPS) is 19.4. The van der Waals surface area contributed by atoms with E-state index in [0.29, 0.717) is 5.75 Å². The van der Waals surface area contributed by atoms with Crippen LogP contribution in [0.25, 0.3) is 0 Å². The molecule has 0 fully saturated rings. The number of aryl methyl sites for hydroxylation is 1. The van der Waals surface area contributed by atoms with Crippen LogP contribution in [0.2, 0.25) is 0 Å². The summed E-state index contributed by atoms with van der Waals surface area (Å²) in [6.07, 6.45) is 1.01. The molecule has 0 amide bonds. The minimum atomic E-state index is -0.750. The number of hydrogen-bond donors (Lipinski definition) is 1. The van der Waals surface area contributed by atoms with Gasteiger partial charge in [-0.2, -0.15) is 0 Å². The van der Waals surface area contributed by atoms with Gasteiger partial charge in [-0.05, 0) is 24.1 Å². The highest BCUT2D eigenvalue weighted by atomic mass is 32.2. The summed E-state index contributed by atoms with van der Waals surface area (Å²) in [5.74, 6) is -0.133. The number of hydrogen-bond acceptors (Lipinski definition) is 3. The van der Waals surface area contributed by atoms with Crippen LogP contribution >= 0.6 is 11.8 Å². The van der Waals surface area contributed by atoms with E-state index in [1.807, 2.05) is 18.0 Å². The van der Waals surface area contributed by atoms with Gasteiger partial charge in [0.2, 0.25) is 0 Å².